The fourth-order valence-electron chi connectivity index (χ4n) is 4.30. The standard InChI is InChI=1S/C29H26ClF6N3O/c1-27(2,3)20-7-4-18(5-8-20)16-39(13-11-17-6-9-22(30)21(14-17)28(31,32)33)26(40)25-24-19(10-12-37-24)15-23(38-25)29(34,35)36/h4-10,12,14-15,37H,11,13,16H2,1-3H3. The molecule has 0 fully saturated rings. The zero-order valence-electron chi connectivity index (χ0n) is 21.8. The lowest BCUT2D eigenvalue weighted by atomic mass is 9.87. The van der Waals surface area contributed by atoms with Crippen molar-refractivity contribution < 1.29 is 31.1 Å². The van der Waals surface area contributed by atoms with E-state index in [1.807, 2.05) is 45.0 Å². The summed E-state index contributed by atoms with van der Waals surface area (Å²) in [5.74, 6) is -0.788. The van der Waals surface area contributed by atoms with E-state index in [1.165, 1.54) is 23.2 Å². The molecule has 0 unspecified atom stereocenters. The Hall–Kier alpha value is -3.53. The molecule has 1 N–H and O–H groups in total. The van der Waals surface area contributed by atoms with Crippen molar-refractivity contribution in [3.63, 3.8) is 0 Å². The Morgan fingerprint density at radius 2 is 1.55 bits per heavy atom. The molecule has 2 heterocycles. The molecule has 0 saturated carbocycles. The minimum atomic E-state index is -4.79. The maximum absolute atomic E-state index is 13.7. The van der Waals surface area contributed by atoms with Gasteiger partial charge >= 0.3 is 12.4 Å². The number of nitrogens with one attached hydrogen (secondary N) is 1. The van der Waals surface area contributed by atoms with E-state index >= 15 is 0 Å². The predicted octanol–water partition coefficient (Wildman–Crippen LogP) is 8.44. The molecule has 0 bridgehead atoms. The molecule has 2 aromatic heterocycles. The molecule has 4 rings (SSSR count). The Bertz CT molecular complexity index is 1520. The van der Waals surface area contributed by atoms with Gasteiger partial charge in [-0.3, -0.25) is 4.79 Å². The van der Waals surface area contributed by atoms with Crippen molar-refractivity contribution >= 4 is 28.4 Å². The predicted molar refractivity (Wildman–Crippen MR) is 141 cm³/mol. The van der Waals surface area contributed by atoms with Crippen molar-refractivity contribution in [2.75, 3.05) is 6.54 Å². The van der Waals surface area contributed by atoms with E-state index in [9.17, 15) is 31.1 Å². The number of aromatic amines is 1. The summed E-state index contributed by atoms with van der Waals surface area (Å²) in [6, 6.07) is 13.2. The van der Waals surface area contributed by atoms with Crippen LogP contribution in [0.5, 0.6) is 0 Å². The minimum absolute atomic E-state index is 0.00110. The highest BCUT2D eigenvalue weighted by molar-refractivity contribution is 6.31. The quantitative estimate of drug-likeness (QED) is 0.232. The summed E-state index contributed by atoms with van der Waals surface area (Å²) in [4.78, 5) is 21.5. The lowest BCUT2D eigenvalue weighted by Crippen LogP contribution is -2.34. The van der Waals surface area contributed by atoms with Crippen molar-refractivity contribution in [1.82, 2.24) is 14.9 Å². The Morgan fingerprint density at radius 1 is 0.900 bits per heavy atom. The number of fused-ring (bicyclic) bond motifs is 1. The molecule has 0 atom stereocenters. The fraction of sp³-hybridized carbons (Fsp3) is 0.310. The fourth-order valence-corrected chi connectivity index (χ4v) is 4.53. The monoisotopic (exact) mass is 581 g/mol. The molecule has 0 aliphatic carbocycles. The number of alkyl halides is 6. The molecule has 0 aliphatic rings. The number of aromatic nitrogens is 2. The van der Waals surface area contributed by atoms with Crippen LogP contribution in [0.3, 0.4) is 0 Å². The number of halogens is 7. The van der Waals surface area contributed by atoms with E-state index in [0.717, 1.165) is 23.8 Å². The summed E-state index contributed by atoms with van der Waals surface area (Å²) in [5.41, 5.74) is -0.629. The molecular weight excluding hydrogens is 556 g/mol. The Labute approximate surface area is 232 Å². The summed E-state index contributed by atoms with van der Waals surface area (Å²) < 4.78 is 80.9. The van der Waals surface area contributed by atoms with Crippen LogP contribution in [-0.4, -0.2) is 27.3 Å². The molecule has 0 radical (unpaired) electrons. The van der Waals surface area contributed by atoms with E-state index < -0.39 is 40.2 Å². The zero-order chi connectivity index (χ0) is 29.5. The molecular formula is C29H26ClF6N3O. The topological polar surface area (TPSA) is 49.0 Å². The van der Waals surface area contributed by atoms with E-state index in [1.54, 1.807) is 0 Å². The van der Waals surface area contributed by atoms with Gasteiger partial charge in [-0.2, -0.15) is 26.3 Å². The number of carbonyl (C=O) groups is 1. The number of carbonyl (C=O) groups excluding carboxylic acids is 1. The van der Waals surface area contributed by atoms with Crippen LogP contribution in [0, 0.1) is 0 Å². The van der Waals surface area contributed by atoms with Gasteiger partial charge < -0.3 is 9.88 Å². The summed E-state index contributed by atoms with van der Waals surface area (Å²) >= 11 is 5.73. The lowest BCUT2D eigenvalue weighted by Gasteiger charge is -2.25. The van der Waals surface area contributed by atoms with Crippen LogP contribution in [0.1, 0.15) is 59.2 Å². The molecule has 2 aromatic carbocycles. The van der Waals surface area contributed by atoms with Gasteiger partial charge in [0, 0.05) is 24.7 Å². The summed E-state index contributed by atoms with van der Waals surface area (Å²) in [7, 11) is 0. The number of hydrogen-bond acceptors (Lipinski definition) is 2. The maximum atomic E-state index is 13.7. The number of benzene rings is 2. The molecule has 212 valence electrons. The van der Waals surface area contributed by atoms with Crippen LogP contribution in [0.15, 0.2) is 60.8 Å². The molecule has 1 amide bonds. The molecule has 0 aliphatic heterocycles. The Kier molecular flexibility index (Phi) is 7.95. The third-order valence-electron chi connectivity index (χ3n) is 6.52. The maximum Gasteiger partial charge on any atom is 0.433 e. The smallest absolute Gasteiger partial charge is 0.359 e. The van der Waals surface area contributed by atoms with Crippen molar-refractivity contribution in [3.8, 4) is 0 Å². The van der Waals surface area contributed by atoms with Gasteiger partial charge in [-0.15, -0.1) is 0 Å². The Morgan fingerprint density at radius 3 is 2.15 bits per heavy atom. The highest BCUT2D eigenvalue weighted by atomic mass is 35.5. The number of H-pyrrole nitrogens is 1. The summed E-state index contributed by atoms with van der Waals surface area (Å²) in [6.45, 7) is 6.04. The van der Waals surface area contributed by atoms with E-state index in [0.29, 0.717) is 5.56 Å². The van der Waals surface area contributed by atoms with Gasteiger partial charge in [-0.1, -0.05) is 62.7 Å². The van der Waals surface area contributed by atoms with E-state index in [2.05, 4.69) is 9.97 Å². The van der Waals surface area contributed by atoms with Crippen LogP contribution >= 0.6 is 11.6 Å². The van der Waals surface area contributed by atoms with Crippen molar-refractivity contribution in [2.24, 2.45) is 0 Å². The number of pyridine rings is 1. The highest BCUT2D eigenvalue weighted by Gasteiger charge is 2.35. The number of hydrogen-bond donors (Lipinski definition) is 1. The zero-order valence-corrected chi connectivity index (χ0v) is 22.6. The van der Waals surface area contributed by atoms with Gasteiger partial charge in [0.25, 0.3) is 5.91 Å². The third-order valence-corrected chi connectivity index (χ3v) is 6.85. The third kappa shape index (κ3) is 6.60. The van der Waals surface area contributed by atoms with Crippen LogP contribution in [0.2, 0.25) is 5.02 Å². The van der Waals surface area contributed by atoms with Crippen LogP contribution < -0.4 is 0 Å². The van der Waals surface area contributed by atoms with Crippen molar-refractivity contribution in [1.29, 1.82) is 0 Å². The van der Waals surface area contributed by atoms with Gasteiger partial charge in [-0.25, -0.2) is 4.98 Å². The van der Waals surface area contributed by atoms with Crippen LogP contribution in [-0.2, 0) is 30.7 Å². The molecule has 0 spiro atoms. The van der Waals surface area contributed by atoms with Crippen LogP contribution in [0.25, 0.3) is 10.9 Å². The molecule has 4 nitrogen and oxygen atoms in total. The van der Waals surface area contributed by atoms with E-state index in [-0.39, 0.29) is 41.4 Å². The first-order valence-corrected chi connectivity index (χ1v) is 12.7. The summed E-state index contributed by atoms with van der Waals surface area (Å²) in [5, 5.41) is -0.293. The Balaban J connectivity index is 1.71. The first-order valence-electron chi connectivity index (χ1n) is 12.3. The molecule has 11 heteroatoms. The van der Waals surface area contributed by atoms with Gasteiger partial charge in [0.2, 0.25) is 0 Å². The molecule has 40 heavy (non-hydrogen) atoms. The normalized spacial score (nSPS) is 12.7. The lowest BCUT2D eigenvalue weighted by molar-refractivity contribution is -0.141. The number of nitrogens with zero attached hydrogens (tertiary/aromatic N) is 2. The number of rotatable bonds is 6. The van der Waals surface area contributed by atoms with Gasteiger partial charge in [0.1, 0.15) is 5.69 Å². The SMILES string of the molecule is CC(C)(C)c1ccc(CN(CCc2ccc(Cl)c(C(F)(F)F)c2)C(=O)c2nc(C(F)(F)F)cc3cc[nH]c23)cc1. The van der Waals surface area contributed by atoms with Crippen molar-refractivity contribution in [2.45, 2.75) is 51.5 Å². The second kappa shape index (κ2) is 10.8. The summed E-state index contributed by atoms with van der Waals surface area (Å²) in [6.07, 6.45) is -8.05. The second-order valence-electron chi connectivity index (χ2n) is 10.5. The van der Waals surface area contributed by atoms with Gasteiger partial charge in [-0.05, 0) is 52.8 Å². The molecule has 0 saturated heterocycles. The number of amides is 1. The first-order chi connectivity index (χ1) is 18.5. The average molecular weight is 582 g/mol. The average Bonchev–Trinajstić information content (AvgIpc) is 3.34. The molecule has 4 aromatic rings. The second-order valence-corrected chi connectivity index (χ2v) is 10.9. The van der Waals surface area contributed by atoms with Crippen molar-refractivity contribution in [3.05, 3.63) is 99.5 Å². The minimum Gasteiger partial charge on any atom is -0.359 e. The van der Waals surface area contributed by atoms with Gasteiger partial charge in [0.15, 0.2) is 5.69 Å². The van der Waals surface area contributed by atoms with E-state index in [4.69, 9.17) is 11.6 Å². The largest absolute Gasteiger partial charge is 0.433 e. The van der Waals surface area contributed by atoms with Crippen LogP contribution in [0.4, 0.5) is 26.3 Å². The highest BCUT2D eigenvalue weighted by Crippen LogP contribution is 2.35. The van der Waals surface area contributed by atoms with Gasteiger partial charge in [0.05, 0.1) is 16.1 Å². The first kappa shape index (κ1) is 29.5.